The van der Waals surface area contributed by atoms with Crippen LogP contribution in [0.5, 0.6) is 0 Å². The predicted octanol–water partition coefficient (Wildman–Crippen LogP) is 2.55. The number of carboxylic acids is 1. The minimum atomic E-state index is -1.08. The summed E-state index contributed by atoms with van der Waals surface area (Å²) >= 11 is 0. The third-order valence-corrected chi connectivity index (χ3v) is 4.18. The van der Waals surface area contributed by atoms with Crippen molar-refractivity contribution >= 4 is 17.8 Å². The summed E-state index contributed by atoms with van der Waals surface area (Å²) in [7, 11) is 0. The summed E-state index contributed by atoms with van der Waals surface area (Å²) in [4.78, 5) is 39.5. The molecule has 0 aliphatic carbocycles. The maximum atomic E-state index is 12.3. The van der Waals surface area contributed by atoms with E-state index in [9.17, 15) is 14.4 Å². The summed E-state index contributed by atoms with van der Waals surface area (Å²) in [6.45, 7) is 5.70. The van der Waals surface area contributed by atoms with Gasteiger partial charge in [-0.2, -0.15) is 0 Å². The fourth-order valence-electron chi connectivity index (χ4n) is 2.42. The number of rotatable bonds is 7. The SMILES string of the molecule is CCC(C)NC(=O)c1cccc(CNC(=O)c2ccc(C(=O)O)c(C)n2)c1. The van der Waals surface area contributed by atoms with Gasteiger partial charge in [-0.3, -0.25) is 9.59 Å². The lowest BCUT2D eigenvalue weighted by Crippen LogP contribution is -2.32. The normalized spacial score (nSPS) is 11.5. The monoisotopic (exact) mass is 369 g/mol. The summed E-state index contributed by atoms with van der Waals surface area (Å²) in [5, 5.41) is 14.6. The van der Waals surface area contributed by atoms with Crippen LogP contribution in [0.1, 0.15) is 62.7 Å². The molecule has 0 fully saturated rings. The molecule has 7 nitrogen and oxygen atoms in total. The first kappa shape index (κ1) is 20.1. The minimum absolute atomic E-state index is 0.0616. The zero-order valence-corrected chi connectivity index (χ0v) is 15.6. The topological polar surface area (TPSA) is 108 Å². The van der Waals surface area contributed by atoms with Gasteiger partial charge in [-0.1, -0.05) is 19.1 Å². The molecule has 1 atom stereocenters. The fourth-order valence-corrected chi connectivity index (χ4v) is 2.42. The second-order valence-electron chi connectivity index (χ2n) is 6.30. The van der Waals surface area contributed by atoms with Crippen LogP contribution in [0.2, 0.25) is 0 Å². The highest BCUT2D eigenvalue weighted by molar-refractivity contribution is 5.95. The Kier molecular flexibility index (Phi) is 6.65. The maximum Gasteiger partial charge on any atom is 0.337 e. The highest BCUT2D eigenvalue weighted by Gasteiger charge is 2.13. The van der Waals surface area contributed by atoms with Gasteiger partial charge in [0.05, 0.1) is 11.3 Å². The minimum Gasteiger partial charge on any atom is -0.478 e. The summed E-state index contributed by atoms with van der Waals surface area (Å²) in [6, 6.07) is 9.84. The Balaban J connectivity index is 2.03. The lowest BCUT2D eigenvalue weighted by Gasteiger charge is -2.12. The molecule has 2 rings (SSSR count). The molecule has 1 unspecified atom stereocenters. The van der Waals surface area contributed by atoms with Crippen molar-refractivity contribution in [2.24, 2.45) is 0 Å². The van der Waals surface area contributed by atoms with Crippen molar-refractivity contribution in [3.05, 3.63) is 64.5 Å². The molecule has 2 aromatic rings. The van der Waals surface area contributed by atoms with E-state index < -0.39 is 11.9 Å². The summed E-state index contributed by atoms with van der Waals surface area (Å²) in [5.41, 5.74) is 1.79. The zero-order chi connectivity index (χ0) is 20.0. The first-order valence-corrected chi connectivity index (χ1v) is 8.70. The first-order chi connectivity index (χ1) is 12.8. The lowest BCUT2D eigenvalue weighted by molar-refractivity contribution is 0.0694. The van der Waals surface area contributed by atoms with E-state index in [1.54, 1.807) is 25.1 Å². The van der Waals surface area contributed by atoms with Gasteiger partial charge >= 0.3 is 5.97 Å². The number of aromatic carboxylic acids is 1. The second kappa shape index (κ2) is 8.93. The quantitative estimate of drug-likeness (QED) is 0.695. The van der Waals surface area contributed by atoms with E-state index in [2.05, 4.69) is 15.6 Å². The number of hydrogen-bond donors (Lipinski definition) is 3. The molecule has 0 saturated heterocycles. The van der Waals surface area contributed by atoms with Gasteiger partial charge in [-0.15, -0.1) is 0 Å². The van der Waals surface area contributed by atoms with Crippen LogP contribution in [0.15, 0.2) is 36.4 Å². The average Bonchev–Trinajstić information content (AvgIpc) is 2.65. The Bertz CT molecular complexity index is 864. The number of nitrogens with one attached hydrogen (secondary N) is 2. The van der Waals surface area contributed by atoms with Gasteiger partial charge < -0.3 is 15.7 Å². The molecule has 0 bridgehead atoms. The number of aryl methyl sites for hydroxylation is 1. The van der Waals surface area contributed by atoms with E-state index in [-0.39, 0.29) is 35.4 Å². The Morgan fingerprint density at radius 1 is 1.15 bits per heavy atom. The smallest absolute Gasteiger partial charge is 0.337 e. The van der Waals surface area contributed by atoms with Crippen LogP contribution in [0.25, 0.3) is 0 Å². The number of aromatic nitrogens is 1. The molecule has 27 heavy (non-hydrogen) atoms. The molecule has 1 aromatic heterocycles. The number of amides is 2. The number of carbonyl (C=O) groups excluding carboxylic acids is 2. The van der Waals surface area contributed by atoms with Gasteiger partial charge in [0.15, 0.2) is 0 Å². The number of pyridine rings is 1. The average molecular weight is 369 g/mol. The number of nitrogens with zero attached hydrogens (tertiary/aromatic N) is 1. The molecule has 1 heterocycles. The summed E-state index contributed by atoms with van der Waals surface area (Å²) in [5.74, 6) is -1.65. The van der Waals surface area contributed by atoms with Gasteiger partial charge in [-0.05, 0) is 50.1 Å². The lowest BCUT2D eigenvalue weighted by atomic mass is 10.1. The predicted molar refractivity (Wildman–Crippen MR) is 101 cm³/mol. The molecular weight excluding hydrogens is 346 g/mol. The third kappa shape index (κ3) is 5.37. The Labute approximate surface area is 157 Å². The van der Waals surface area contributed by atoms with Crippen LogP contribution in [0.4, 0.5) is 0 Å². The number of hydrogen-bond acceptors (Lipinski definition) is 4. The van der Waals surface area contributed by atoms with Crippen molar-refractivity contribution in [2.75, 3.05) is 0 Å². The Hall–Kier alpha value is -3.22. The van der Waals surface area contributed by atoms with E-state index in [4.69, 9.17) is 5.11 Å². The van der Waals surface area contributed by atoms with Crippen molar-refractivity contribution in [2.45, 2.75) is 39.8 Å². The van der Waals surface area contributed by atoms with E-state index in [0.29, 0.717) is 5.56 Å². The maximum absolute atomic E-state index is 12.3. The molecule has 0 aliphatic heterocycles. The van der Waals surface area contributed by atoms with Crippen molar-refractivity contribution < 1.29 is 19.5 Å². The van der Waals surface area contributed by atoms with Crippen molar-refractivity contribution in [1.82, 2.24) is 15.6 Å². The summed E-state index contributed by atoms with van der Waals surface area (Å²) in [6.07, 6.45) is 0.842. The molecule has 7 heteroatoms. The van der Waals surface area contributed by atoms with Crippen molar-refractivity contribution in [1.29, 1.82) is 0 Å². The highest BCUT2D eigenvalue weighted by Crippen LogP contribution is 2.09. The van der Waals surface area contributed by atoms with Gasteiger partial charge in [0.2, 0.25) is 0 Å². The summed E-state index contributed by atoms with van der Waals surface area (Å²) < 4.78 is 0. The van der Waals surface area contributed by atoms with E-state index >= 15 is 0 Å². The first-order valence-electron chi connectivity index (χ1n) is 8.70. The third-order valence-electron chi connectivity index (χ3n) is 4.18. The number of carbonyl (C=O) groups is 3. The van der Waals surface area contributed by atoms with Gasteiger partial charge in [0, 0.05) is 18.2 Å². The standard InChI is InChI=1S/C20H23N3O4/c1-4-12(2)22-18(24)15-7-5-6-14(10-15)11-21-19(25)17-9-8-16(20(26)27)13(3)23-17/h5-10,12H,4,11H2,1-3H3,(H,21,25)(H,22,24)(H,26,27). The van der Waals surface area contributed by atoms with E-state index in [0.717, 1.165) is 12.0 Å². The molecule has 2 amide bonds. The van der Waals surface area contributed by atoms with Crippen molar-refractivity contribution in [3.63, 3.8) is 0 Å². The molecule has 3 N–H and O–H groups in total. The molecule has 0 aliphatic rings. The van der Waals surface area contributed by atoms with Crippen LogP contribution in [-0.4, -0.2) is 33.9 Å². The molecule has 0 spiro atoms. The van der Waals surface area contributed by atoms with Crippen LogP contribution in [0, 0.1) is 6.92 Å². The Morgan fingerprint density at radius 2 is 1.89 bits per heavy atom. The Morgan fingerprint density at radius 3 is 2.52 bits per heavy atom. The fraction of sp³-hybridized carbons (Fsp3) is 0.300. The van der Waals surface area contributed by atoms with Crippen LogP contribution < -0.4 is 10.6 Å². The number of carboxylic acid groups (broad SMARTS) is 1. The van der Waals surface area contributed by atoms with E-state index in [1.807, 2.05) is 19.9 Å². The molecule has 1 aromatic carbocycles. The van der Waals surface area contributed by atoms with Gasteiger partial charge in [0.25, 0.3) is 11.8 Å². The molecule has 0 radical (unpaired) electrons. The van der Waals surface area contributed by atoms with Crippen LogP contribution in [0.3, 0.4) is 0 Å². The second-order valence-corrected chi connectivity index (χ2v) is 6.30. The molecule has 0 saturated carbocycles. The zero-order valence-electron chi connectivity index (χ0n) is 15.6. The highest BCUT2D eigenvalue weighted by atomic mass is 16.4. The van der Waals surface area contributed by atoms with Crippen molar-refractivity contribution in [3.8, 4) is 0 Å². The number of benzene rings is 1. The van der Waals surface area contributed by atoms with Gasteiger partial charge in [-0.25, -0.2) is 9.78 Å². The molecular formula is C20H23N3O4. The van der Waals surface area contributed by atoms with Crippen LogP contribution >= 0.6 is 0 Å². The van der Waals surface area contributed by atoms with E-state index in [1.165, 1.54) is 12.1 Å². The van der Waals surface area contributed by atoms with Gasteiger partial charge in [0.1, 0.15) is 5.69 Å². The largest absolute Gasteiger partial charge is 0.478 e. The van der Waals surface area contributed by atoms with Crippen LogP contribution in [-0.2, 0) is 6.54 Å². The molecule has 142 valence electrons.